The second-order valence-electron chi connectivity index (χ2n) is 4.79. The fourth-order valence-electron chi connectivity index (χ4n) is 2.14. The molecule has 1 aromatic heterocycles. The summed E-state index contributed by atoms with van der Waals surface area (Å²) in [6, 6.07) is 9.95. The van der Waals surface area contributed by atoms with Crippen molar-refractivity contribution < 1.29 is 18.3 Å². The van der Waals surface area contributed by atoms with Crippen LogP contribution < -0.4 is 9.46 Å². The molecule has 0 saturated heterocycles. The SMILES string of the molecule is CCOc1ccccc1S(=O)(=O)NCC(O)c1cccn1C. The Morgan fingerprint density at radius 2 is 2.00 bits per heavy atom. The van der Waals surface area contributed by atoms with Gasteiger partial charge >= 0.3 is 0 Å². The second kappa shape index (κ2) is 6.95. The summed E-state index contributed by atoms with van der Waals surface area (Å²) in [6.45, 7) is 2.05. The Bertz CT molecular complexity index is 725. The number of ether oxygens (including phenoxy) is 1. The Balaban J connectivity index is 2.13. The maximum Gasteiger partial charge on any atom is 0.244 e. The van der Waals surface area contributed by atoms with E-state index in [1.165, 1.54) is 6.07 Å². The van der Waals surface area contributed by atoms with Crippen LogP contribution in [0.4, 0.5) is 0 Å². The van der Waals surface area contributed by atoms with Crippen LogP contribution in [0.25, 0.3) is 0 Å². The third kappa shape index (κ3) is 3.68. The molecule has 22 heavy (non-hydrogen) atoms. The van der Waals surface area contributed by atoms with E-state index in [2.05, 4.69) is 4.72 Å². The van der Waals surface area contributed by atoms with Gasteiger partial charge in [0.1, 0.15) is 16.7 Å². The lowest BCUT2D eigenvalue weighted by molar-refractivity contribution is 0.173. The Hall–Kier alpha value is -1.83. The van der Waals surface area contributed by atoms with E-state index in [9.17, 15) is 13.5 Å². The first-order valence-electron chi connectivity index (χ1n) is 6.96. The van der Waals surface area contributed by atoms with Gasteiger partial charge in [0.05, 0.1) is 6.61 Å². The van der Waals surface area contributed by atoms with Crippen molar-refractivity contribution in [3.63, 3.8) is 0 Å². The molecule has 1 unspecified atom stereocenters. The largest absolute Gasteiger partial charge is 0.492 e. The molecule has 0 amide bonds. The predicted octanol–water partition coefficient (Wildman–Crippen LogP) is 1.44. The lowest BCUT2D eigenvalue weighted by atomic mass is 10.2. The van der Waals surface area contributed by atoms with Crippen LogP contribution in [0.2, 0.25) is 0 Å². The van der Waals surface area contributed by atoms with Crippen LogP contribution in [-0.4, -0.2) is 31.2 Å². The molecule has 2 rings (SSSR count). The van der Waals surface area contributed by atoms with E-state index < -0.39 is 16.1 Å². The average molecular weight is 324 g/mol. The number of para-hydroxylation sites is 1. The van der Waals surface area contributed by atoms with E-state index in [1.54, 1.807) is 55.1 Å². The third-order valence-corrected chi connectivity index (χ3v) is 4.69. The van der Waals surface area contributed by atoms with Crippen molar-refractivity contribution in [2.24, 2.45) is 7.05 Å². The van der Waals surface area contributed by atoms with Crippen LogP contribution in [0.3, 0.4) is 0 Å². The molecular formula is C15H20N2O4S. The number of nitrogens with one attached hydrogen (secondary N) is 1. The Morgan fingerprint density at radius 1 is 1.27 bits per heavy atom. The Labute approximate surface area is 130 Å². The molecule has 1 heterocycles. The average Bonchev–Trinajstić information content (AvgIpc) is 2.92. The summed E-state index contributed by atoms with van der Waals surface area (Å²) in [5.41, 5.74) is 0.640. The van der Waals surface area contributed by atoms with Gasteiger partial charge in [-0.15, -0.1) is 0 Å². The van der Waals surface area contributed by atoms with Gasteiger partial charge < -0.3 is 14.4 Å². The van der Waals surface area contributed by atoms with Crippen LogP contribution in [-0.2, 0) is 17.1 Å². The summed E-state index contributed by atoms with van der Waals surface area (Å²) in [4.78, 5) is 0.0657. The van der Waals surface area contributed by atoms with E-state index in [0.717, 1.165) is 0 Å². The highest BCUT2D eigenvalue weighted by Gasteiger charge is 2.21. The minimum absolute atomic E-state index is 0.0657. The molecule has 2 N–H and O–H groups in total. The number of hydrogen-bond donors (Lipinski definition) is 2. The van der Waals surface area contributed by atoms with E-state index >= 15 is 0 Å². The highest BCUT2D eigenvalue weighted by Crippen LogP contribution is 2.23. The van der Waals surface area contributed by atoms with Crippen LogP contribution >= 0.6 is 0 Å². The molecule has 1 aromatic carbocycles. The monoisotopic (exact) mass is 324 g/mol. The molecule has 0 bridgehead atoms. The predicted molar refractivity (Wildman–Crippen MR) is 83.2 cm³/mol. The number of benzene rings is 1. The molecule has 7 heteroatoms. The van der Waals surface area contributed by atoms with Crippen LogP contribution in [0, 0.1) is 0 Å². The van der Waals surface area contributed by atoms with Gasteiger partial charge in [0, 0.05) is 25.5 Å². The Kier molecular flexibility index (Phi) is 5.23. The van der Waals surface area contributed by atoms with E-state index in [4.69, 9.17) is 4.74 Å². The number of aliphatic hydroxyl groups excluding tert-OH is 1. The van der Waals surface area contributed by atoms with Crippen LogP contribution in [0.5, 0.6) is 5.75 Å². The molecule has 6 nitrogen and oxygen atoms in total. The number of aliphatic hydroxyl groups is 1. The highest BCUT2D eigenvalue weighted by atomic mass is 32.2. The van der Waals surface area contributed by atoms with Gasteiger partial charge in [-0.2, -0.15) is 0 Å². The van der Waals surface area contributed by atoms with Crippen molar-refractivity contribution in [3.05, 3.63) is 48.3 Å². The third-order valence-electron chi connectivity index (χ3n) is 3.23. The van der Waals surface area contributed by atoms with Gasteiger partial charge in [-0.25, -0.2) is 13.1 Å². The van der Waals surface area contributed by atoms with E-state index in [-0.39, 0.29) is 11.4 Å². The molecule has 0 saturated carbocycles. The fraction of sp³-hybridized carbons (Fsp3) is 0.333. The molecular weight excluding hydrogens is 304 g/mol. The lowest BCUT2D eigenvalue weighted by Gasteiger charge is -2.15. The summed E-state index contributed by atoms with van der Waals surface area (Å²) in [7, 11) is -1.97. The van der Waals surface area contributed by atoms with Crippen molar-refractivity contribution in [2.45, 2.75) is 17.9 Å². The minimum atomic E-state index is -3.76. The first kappa shape index (κ1) is 16.5. The fourth-order valence-corrected chi connectivity index (χ4v) is 3.32. The molecule has 0 aliphatic rings. The van der Waals surface area contributed by atoms with Crippen molar-refractivity contribution in [2.75, 3.05) is 13.2 Å². The molecule has 0 aliphatic heterocycles. The topological polar surface area (TPSA) is 80.6 Å². The smallest absolute Gasteiger partial charge is 0.244 e. The summed E-state index contributed by atoms with van der Waals surface area (Å²) >= 11 is 0. The van der Waals surface area contributed by atoms with Gasteiger partial charge in [0.2, 0.25) is 10.0 Å². The summed E-state index contributed by atoms with van der Waals surface area (Å²) in [6.07, 6.45) is 0.867. The van der Waals surface area contributed by atoms with Gasteiger partial charge in [-0.05, 0) is 31.2 Å². The summed E-state index contributed by atoms with van der Waals surface area (Å²) in [5.74, 6) is 0.297. The molecule has 0 aliphatic carbocycles. The van der Waals surface area contributed by atoms with Crippen molar-refractivity contribution in [1.29, 1.82) is 0 Å². The second-order valence-corrected chi connectivity index (χ2v) is 6.53. The number of aromatic nitrogens is 1. The maximum atomic E-state index is 12.4. The van der Waals surface area contributed by atoms with Crippen molar-refractivity contribution >= 4 is 10.0 Å². The number of hydrogen-bond acceptors (Lipinski definition) is 4. The molecule has 120 valence electrons. The molecule has 1 atom stereocenters. The quantitative estimate of drug-likeness (QED) is 0.807. The van der Waals surface area contributed by atoms with Crippen LogP contribution in [0.15, 0.2) is 47.5 Å². The van der Waals surface area contributed by atoms with Gasteiger partial charge in [0.25, 0.3) is 0 Å². The summed E-state index contributed by atoms with van der Waals surface area (Å²) < 4.78 is 34.3. The molecule has 0 radical (unpaired) electrons. The minimum Gasteiger partial charge on any atom is -0.492 e. The van der Waals surface area contributed by atoms with Gasteiger partial charge in [-0.1, -0.05) is 12.1 Å². The number of rotatable bonds is 7. The maximum absolute atomic E-state index is 12.4. The zero-order valence-electron chi connectivity index (χ0n) is 12.6. The highest BCUT2D eigenvalue weighted by molar-refractivity contribution is 7.89. The number of aryl methyl sites for hydroxylation is 1. The van der Waals surface area contributed by atoms with Gasteiger partial charge in [0.15, 0.2) is 0 Å². The zero-order valence-corrected chi connectivity index (χ0v) is 13.4. The van der Waals surface area contributed by atoms with Crippen molar-refractivity contribution in [3.8, 4) is 5.75 Å². The zero-order chi connectivity index (χ0) is 16.2. The Morgan fingerprint density at radius 3 is 2.64 bits per heavy atom. The van der Waals surface area contributed by atoms with E-state index in [0.29, 0.717) is 18.1 Å². The summed E-state index contributed by atoms with van der Waals surface area (Å²) in [5, 5.41) is 10.1. The van der Waals surface area contributed by atoms with E-state index in [1.807, 2.05) is 0 Å². The normalized spacial score (nSPS) is 13.0. The standard InChI is InChI=1S/C15H20N2O4S/c1-3-21-14-8-4-5-9-15(14)22(19,20)16-11-13(18)12-7-6-10-17(12)2/h4-10,13,16,18H,3,11H2,1-2H3. The molecule has 0 spiro atoms. The van der Waals surface area contributed by atoms with Gasteiger partial charge in [-0.3, -0.25) is 0 Å². The number of nitrogens with zero attached hydrogens (tertiary/aromatic N) is 1. The first-order chi connectivity index (χ1) is 10.5. The van der Waals surface area contributed by atoms with Crippen molar-refractivity contribution in [1.82, 2.24) is 9.29 Å². The number of sulfonamides is 1. The first-order valence-corrected chi connectivity index (χ1v) is 8.45. The van der Waals surface area contributed by atoms with Crippen LogP contribution in [0.1, 0.15) is 18.7 Å². The molecule has 0 fully saturated rings. The molecule has 2 aromatic rings. The lowest BCUT2D eigenvalue weighted by Crippen LogP contribution is -2.29.